The number of amides is 1. The Hall–Kier alpha value is -3.10. The van der Waals surface area contributed by atoms with Gasteiger partial charge < -0.3 is 4.90 Å². The molecule has 4 rings (SSSR count). The monoisotopic (exact) mass is 442 g/mol. The average Bonchev–Trinajstić information content (AvgIpc) is 2.77. The van der Waals surface area contributed by atoms with Gasteiger partial charge in [0.1, 0.15) is 16.5 Å². The molecular formula is C23H20F2N2O3S. The Morgan fingerprint density at radius 2 is 1.74 bits per heavy atom. The van der Waals surface area contributed by atoms with Crippen molar-refractivity contribution in [3.05, 3.63) is 101 Å². The fourth-order valence-electron chi connectivity index (χ4n) is 3.87. The highest BCUT2D eigenvalue weighted by molar-refractivity contribution is 7.89. The second-order valence-corrected chi connectivity index (χ2v) is 8.98. The predicted molar refractivity (Wildman–Crippen MR) is 112 cm³/mol. The summed E-state index contributed by atoms with van der Waals surface area (Å²) < 4.78 is 54.9. The Labute approximate surface area is 179 Å². The molecular weight excluding hydrogens is 422 g/mol. The van der Waals surface area contributed by atoms with Crippen LogP contribution in [0.1, 0.15) is 22.7 Å². The summed E-state index contributed by atoms with van der Waals surface area (Å²) in [6.07, 6.45) is 0.591. The molecule has 0 saturated carbocycles. The summed E-state index contributed by atoms with van der Waals surface area (Å²) in [5.41, 5.74) is 2.51. The summed E-state index contributed by atoms with van der Waals surface area (Å²) in [7, 11) is -4.21. The van der Waals surface area contributed by atoms with Gasteiger partial charge in [-0.05, 0) is 47.4 Å². The minimum absolute atomic E-state index is 0.346. The molecule has 5 nitrogen and oxygen atoms in total. The molecule has 1 atom stereocenters. The van der Waals surface area contributed by atoms with Gasteiger partial charge in [-0.1, -0.05) is 48.5 Å². The Morgan fingerprint density at radius 3 is 2.52 bits per heavy atom. The maximum atomic E-state index is 13.9. The minimum atomic E-state index is -4.21. The number of hydrogen-bond acceptors (Lipinski definition) is 3. The highest BCUT2D eigenvalue weighted by atomic mass is 32.2. The van der Waals surface area contributed by atoms with E-state index < -0.39 is 45.0 Å². The zero-order valence-corrected chi connectivity index (χ0v) is 17.3. The maximum Gasteiger partial charge on any atom is 0.243 e. The van der Waals surface area contributed by atoms with Crippen molar-refractivity contribution in [2.45, 2.75) is 17.4 Å². The first-order valence-corrected chi connectivity index (χ1v) is 11.2. The maximum absolute atomic E-state index is 13.9. The average molecular weight is 442 g/mol. The first-order valence-electron chi connectivity index (χ1n) is 9.74. The van der Waals surface area contributed by atoms with Gasteiger partial charge in [-0.15, -0.1) is 0 Å². The number of sulfonamides is 1. The molecule has 0 bridgehead atoms. The largest absolute Gasteiger partial charge is 0.330 e. The molecule has 1 aliphatic heterocycles. The summed E-state index contributed by atoms with van der Waals surface area (Å²) in [4.78, 5) is 14.1. The molecule has 0 aliphatic carbocycles. The molecule has 160 valence electrons. The molecule has 8 heteroatoms. The van der Waals surface area contributed by atoms with Crippen LogP contribution in [0.25, 0.3) is 0 Å². The van der Waals surface area contributed by atoms with Crippen LogP contribution < -0.4 is 4.72 Å². The Bertz CT molecular complexity index is 1230. The quantitative estimate of drug-likeness (QED) is 0.659. The fourth-order valence-corrected chi connectivity index (χ4v) is 4.92. The number of nitrogens with one attached hydrogen (secondary N) is 1. The molecule has 1 amide bonds. The van der Waals surface area contributed by atoms with E-state index in [-0.39, 0.29) is 0 Å². The number of benzene rings is 3. The van der Waals surface area contributed by atoms with E-state index in [1.54, 1.807) is 12.1 Å². The molecule has 0 radical (unpaired) electrons. The smallest absolute Gasteiger partial charge is 0.243 e. The number of carbonyl (C=O) groups is 1. The van der Waals surface area contributed by atoms with E-state index in [1.165, 1.54) is 29.2 Å². The third-order valence-electron chi connectivity index (χ3n) is 5.31. The first-order chi connectivity index (χ1) is 14.9. The SMILES string of the molecule is O=C(CNS(=O)(=O)c1ccccc1F)N1CCc2ccccc2C1c1cccc(F)c1. The summed E-state index contributed by atoms with van der Waals surface area (Å²) in [6, 6.07) is 18.0. The van der Waals surface area contributed by atoms with Gasteiger partial charge in [0.25, 0.3) is 0 Å². The van der Waals surface area contributed by atoms with E-state index >= 15 is 0 Å². The molecule has 1 N–H and O–H groups in total. The summed E-state index contributed by atoms with van der Waals surface area (Å²) in [5.74, 6) is -1.80. The molecule has 1 unspecified atom stereocenters. The Balaban J connectivity index is 1.61. The zero-order chi connectivity index (χ0) is 22.0. The number of hydrogen-bond donors (Lipinski definition) is 1. The molecule has 31 heavy (non-hydrogen) atoms. The molecule has 3 aromatic carbocycles. The van der Waals surface area contributed by atoms with E-state index in [0.717, 1.165) is 23.3 Å². The second-order valence-electron chi connectivity index (χ2n) is 7.25. The van der Waals surface area contributed by atoms with Gasteiger partial charge in [-0.25, -0.2) is 21.9 Å². The molecule has 1 heterocycles. The third-order valence-corrected chi connectivity index (χ3v) is 6.74. The standard InChI is InChI=1S/C23H20F2N2O3S/c24-18-8-5-7-17(14-18)23-19-9-2-1-6-16(19)12-13-27(23)22(28)15-26-31(29,30)21-11-4-3-10-20(21)25/h1-11,14,23,26H,12-13,15H2. The topological polar surface area (TPSA) is 66.5 Å². The zero-order valence-electron chi connectivity index (χ0n) is 16.5. The molecule has 0 saturated heterocycles. The summed E-state index contributed by atoms with van der Waals surface area (Å²) in [5, 5.41) is 0. The van der Waals surface area contributed by atoms with Crippen LogP contribution in [-0.4, -0.2) is 32.3 Å². The van der Waals surface area contributed by atoms with E-state index in [9.17, 15) is 22.0 Å². The van der Waals surface area contributed by atoms with Gasteiger partial charge >= 0.3 is 0 Å². The van der Waals surface area contributed by atoms with E-state index in [2.05, 4.69) is 4.72 Å². The Kier molecular flexibility index (Phi) is 5.84. The third kappa shape index (κ3) is 4.35. The lowest BCUT2D eigenvalue weighted by atomic mass is 9.88. The van der Waals surface area contributed by atoms with Gasteiger partial charge in [0, 0.05) is 6.54 Å². The lowest BCUT2D eigenvalue weighted by Gasteiger charge is -2.38. The fraction of sp³-hybridized carbons (Fsp3) is 0.174. The van der Waals surface area contributed by atoms with Crippen LogP contribution >= 0.6 is 0 Å². The first kappa shape index (κ1) is 21.1. The summed E-state index contributed by atoms with van der Waals surface area (Å²) in [6.45, 7) is -0.191. The Morgan fingerprint density at radius 1 is 1.00 bits per heavy atom. The van der Waals surface area contributed by atoms with Crippen molar-refractivity contribution in [2.75, 3.05) is 13.1 Å². The minimum Gasteiger partial charge on any atom is -0.330 e. The van der Waals surface area contributed by atoms with Crippen LogP contribution in [0.15, 0.2) is 77.7 Å². The van der Waals surface area contributed by atoms with Gasteiger partial charge in [0.05, 0.1) is 12.6 Å². The predicted octanol–water partition coefficient (Wildman–Crippen LogP) is 3.42. The van der Waals surface area contributed by atoms with E-state index in [4.69, 9.17) is 0 Å². The number of fused-ring (bicyclic) bond motifs is 1. The molecule has 0 spiro atoms. The number of halogens is 2. The van der Waals surface area contributed by atoms with E-state index in [0.29, 0.717) is 18.5 Å². The van der Waals surface area contributed by atoms with Gasteiger partial charge in [-0.2, -0.15) is 0 Å². The van der Waals surface area contributed by atoms with Crippen LogP contribution in [0.5, 0.6) is 0 Å². The van der Waals surface area contributed by atoms with Crippen LogP contribution in [0, 0.1) is 11.6 Å². The van der Waals surface area contributed by atoms with E-state index in [1.807, 2.05) is 24.3 Å². The number of carbonyl (C=O) groups excluding carboxylic acids is 1. The molecule has 3 aromatic rings. The lowest BCUT2D eigenvalue weighted by Crippen LogP contribution is -2.45. The number of nitrogens with zero attached hydrogens (tertiary/aromatic N) is 1. The molecule has 0 aromatic heterocycles. The number of rotatable bonds is 5. The van der Waals surface area contributed by atoms with Crippen molar-refractivity contribution < 1.29 is 22.0 Å². The van der Waals surface area contributed by atoms with Crippen molar-refractivity contribution >= 4 is 15.9 Å². The van der Waals surface area contributed by atoms with Gasteiger partial charge in [0.2, 0.25) is 15.9 Å². The normalized spacial score (nSPS) is 16.1. The van der Waals surface area contributed by atoms with Crippen molar-refractivity contribution in [3.8, 4) is 0 Å². The molecule has 0 fully saturated rings. The van der Waals surface area contributed by atoms with Crippen molar-refractivity contribution in [3.63, 3.8) is 0 Å². The van der Waals surface area contributed by atoms with Gasteiger partial charge in [-0.3, -0.25) is 4.79 Å². The van der Waals surface area contributed by atoms with Crippen molar-refractivity contribution in [1.82, 2.24) is 9.62 Å². The highest BCUT2D eigenvalue weighted by Crippen LogP contribution is 2.35. The van der Waals surface area contributed by atoms with Gasteiger partial charge in [0.15, 0.2) is 0 Å². The molecule has 1 aliphatic rings. The van der Waals surface area contributed by atoms with Crippen molar-refractivity contribution in [1.29, 1.82) is 0 Å². The van der Waals surface area contributed by atoms with Crippen LogP contribution in [0.3, 0.4) is 0 Å². The van der Waals surface area contributed by atoms with Crippen molar-refractivity contribution in [2.24, 2.45) is 0 Å². The summed E-state index contributed by atoms with van der Waals surface area (Å²) >= 11 is 0. The second kappa shape index (κ2) is 8.56. The van der Waals surface area contributed by atoms with Crippen LogP contribution in [0.2, 0.25) is 0 Å². The lowest BCUT2D eigenvalue weighted by molar-refractivity contribution is -0.132. The highest BCUT2D eigenvalue weighted by Gasteiger charge is 2.32. The van der Waals surface area contributed by atoms with Crippen LogP contribution in [-0.2, 0) is 21.2 Å². The van der Waals surface area contributed by atoms with Crippen LogP contribution in [0.4, 0.5) is 8.78 Å².